The number of sulfonamides is 2. The van der Waals surface area contributed by atoms with Crippen LogP contribution in [0.25, 0.3) is 0 Å². The lowest BCUT2D eigenvalue weighted by Gasteiger charge is -2.17. The minimum absolute atomic E-state index is 0.00944. The second kappa shape index (κ2) is 7.53. The average Bonchev–Trinajstić information content (AvgIpc) is 2.92. The highest BCUT2D eigenvalue weighted by molar-refractivity contribution is 7.94. The Morgan fingerprint density at radius 1 is 1.18 bits per heavy atom. The van der Waals surface area contributed by atoms with Crippen LogP contribution in [0.15, 0.2) is 47.4 Å². The van der Waals surface area contributed by atoms with Crippen LogP contribution >= 0.6 is 0 Å². The Labute approximate surface area is 164 Å². The molecule has 1 aliphatic heterocycles. The van der Waals surface area contributed by atoms with E-state index in [1.54, 1.807) is 31.2 Å². The fourth-order valence-corrected chi connectivity index (χ4v) is 5.71. The van der Waals surface area contributed by atoms with Gasteiger partial charge in [-0.2, -0.15) is 0 Å². The minimum Gasteiger partial charge on any atom is -0.496 e. The number of methoxy groups -OCH3 is 1. The van der Waals surface area contributed by atoms with Gasteiger partial charge in [0.25, 0.3) is 0 Å². The monoisotopic (exact) mass is 424 g/mol. The quantitative estimate of drug-likeness (QED) is 0.753. The fraction of sp³-hybridized carbons (Fsp3) is 0.278. The molecule has 1 aliphatic rings. The lowest BCUT2D eigenvalue weighted by Crippen LogP contribution is -2.29. The third-order valence-electron chi connectivity index (χ3n) is 4.41. The number of anilines is 1. The van der Waals surface area contributed by atoms with Gasteiger partial charge in [0, 0.05) is 18.5 Å². The van der Waals surface area contributed by atoms with Gasteiger partial charge >= 0.3 is 0 Å². The maximum atomic E-state index is 12.7. The largest absolute Gasteiger partial charge is 0.496 e. The molecule has 1 amide bonds. The molecule has 150 valence electrons. The number of carbonyl (C=O) groups excluding carboxylic acids is 1. The fourth-order valence-electron chi connectivity index (χ4n) is 3.03. The highest BCUT2D eigenvalue weighted by Gasteiger charge is 2.36. The third-order valence-corrected chi connectivity index (χ3v) is 7.66. The molecule has 28 heavy (non-hydrogen) atoms. The maximum absolute atomic E-state index is 12.7. The van der Waals surface area contributed by atoms with Gasteiger partial charge in [-0.1, -0.05) is 18.2 Å². The number of aryl methyl sites for hydroxylation is 1. The lowest BCUT2D eigenvalue weighted by molar-refractivity contribution is -0.116. The molecule has 0 bridgehead atoms. The van der Waals surface area contributed by atoms with E-state index in [0.29, 0.717) is 16.9 Å². The van der Waals surface area contributed by atoms with Crippen molar-refractivity contribution in [3.8, 4) is 5.75 Å². The van der Waals surface area contributed by atoms with Gasteiger partial charge in [-0.3, -0.25) is 4.79 Å². The van der Waals surface area contributed by atoms with Gasteiger partial charge < -0.3 is 4.74 Å². The summed E-state index contributed by atoms with van der Waals surface area (Å²) in [4.78, 5) is 11.9. The van der Waals surface area contributed by atoms with Gasteiger partial charge in [0.05, 0.1) is 23.4 Å². The Hall–Kier alpha value is -2.43. The summed E-state index contributed by atoms with van der Waals surface area (Å²) < 4.78 is 58.0. The standard InChI is InChI=1S/C18H20N2O6S2/c1-13-11-15(20-18(21)9-10-27(20,22)23)7-8-17(13)28(24,25)19-12-14-5-3-4-6-16(14)26-2/h3-8,11,19H,9-10,12H2,1-2H3. The topological polar surface area (TPSA) is 110 Å². The van der Waals surface area contributed by atoms with E-state index in [-0.39, 0.29) is 29.3 Å². The van der Waals surface area contributed by atoms with Crippen LogP contribution in [-0.4, -0.2) is 35.6 Å². The number of benzene rings is 2. The SMILES string of the molecule is COc1ccccc1CNS(=O)(=O)c1ccc(N2C(=O)CCS2(=O)=O)cc1C. The van der Waals surface area contributed by atoms with Crippen LogP contribution in [0.2, 0.25) is 0 Å². The summed E-state index contributed by atoms with van der Waals surface area (Å²) in [6, 6.07) is 11.1. The van der Waals surface area contributed by atoms with Crippen LogP contribution in [0.5, 0.6) is 5.75 Å². The van der Waals surface area contributed by atoms with Crippen molar-refractivity contribution in [3.05, 3.63) is 53.6 Å². The summed E-state index contributed by atoms with van der Waals surface area (Å²) in [5.41, 5.74) is 1.15. The first kappa shape index (κ1) is 20.3. The third kappa shape index (κ3) is 3.89. The van der Waals surface area contributed by atoms with Crippen molar-refractivity contribution < 1.29 is 26.4 Å². The van der Waals surface area contributed by atoms with Crippen LogP contribution in [0.3, 0.4) is 0 Å². The Bertz CT molecular complexity index is 1130. The van der Waals surface area contributed by atoms with Crippen molar-refractivity contribution in [2.24, 2.45) is 0 Å². The number of nitrogens with zero attached hydrogens (tertiary/aromatic N) is 1. The molecule has 0 saturated carbocycles. The smallest absolute Gasteiger partial charge is 0.242 e. The second-order valence-electron chi connectivity index (χ2n) is 6.31. The molecule has 1 heterocycles. The number of hydrogen-bond acceptors (Lipinski definition) is 6. The van der Waals surface area contributed by atoms with Crippen molar-refractivity contribution >= 4 is 31.6 Å². The van der Waals surface area contributed by atoms with Crippen molar-refractivity contribution in [1.29, 1.82) is 0 Å². The van der Waals surface area contributed by atoms with Gasteiger partial charge in [0.15, 0.2) is 0 Å². The number of nitrogens with one attached hydrogen (secondary N) is 1. The molecule has 1 saturated heterocycles. The molecular weight excluding hydrogens is 404 g/mol. The van der Waals surface area contributed by atoms with E-state index in [9.17, 15) is 21.6 Å². The molecular formula is C18H20N2O6S2. The molecule has 0 spiro atoms. The molecule has 0 unspecified atom stereocenters. The highest BCUT2D eigenvalue weighted by atomic mass is 32.2. The molecule has 0 aliphatic carbocycles. The molecule has 3 rings (SSSR count). The number of amides is 1. The Morgan fingerprint density at radius 3 is 2.50 bits per heavy atom. The number of para-hydroxylation sites is 1. The number of rotatable bonds is 6. The van der Waals surface area contributed by atoms with E-state index in [2.05, 4.69) is 4.72 Å². The molecule has 1 N–H and O–H groups in total. The Balaban J connectivity index is 1.86. The zero-order valence-electron chi connectivity index (χ0n) is 15.4. The van der Waals surface area contributed by atoms with Gasteiger partial charge in [-0.05, 0) is 36.8 Å². The second-order valence-corrected chi connectivity index (χ2v) is 9.98. The summed E-state index contributed by atoms with van der Waals surface area (Å²) >= 11 is 0. The average molecular weight is 425 g/mol. The van der Waals surface area contributed by atoms with Crippen molar-refractivity contribution in [2.75, 3.05) is 17.2 Å². The van der Waals surface area contributed by atoms with E-state index >= 15 is 0 Å². The molecule has 2 aromatic rings. The van der Waals surface area contributed by atoms with E-state index < -0.39 is 26.0 Å². The molecule has 2 aromatic carbocycles. The zero-order valence-corrected chi connectivity index (χ0v) is 17.0. The van der Waals surface area contributed by atoms with E-state index in [4.69, 9.17) is 4.74 Å². The van der Waals surface area contributed by atoms with Crippen molar-refractivity contribution in [3.63, 3.8) is 0 Å². The molecule has 1 fully saturated rings. The van der Waals surface area contributed by atoms with E-state index in [1.807, 2.05) is 0 Å². The summed E-state index contributed by atoms with van der Waals surface area (Å²) in [7, 11) is -6.05. The van der Waals surface area contributed by atoms with Crippen LogP contribution in [0.4, 0.5) is 5.69 Å². The molecule has 0 aromatic heterocycles. The van der Waals surface area contributed by atoms with E-state index in [0.717, 1.165) is 4.31 Å². The lowest BCUT2D eigenvalue weighted by atomic mass is 10.2. The Morgan fingerprint density at radius 2 is 1.89 bits per heavy atom. The molecule has 0 radical (unpaired) electrons. The first-order valence-electron chi connectivity index (χ1n) is 8.44. The number of ether oxygens (including phenoxy) is 1. The summed E-state index contributed by atoms with van der Waals surface area (Å²) in [5.74, 6) is -0.204. The molecule has 8 nitrogen and oxygen atoms in total. The van der Waals surface area contributed by atoms with Crippen molar-refractivity contribution in [1.82, 2.24) is 4.72 Å². The van der Waals surface area contributed by atoms with Crippen LogP contribution in [-0.2, 0) is 31.4 Å². The molecule has 10 heteroatoms. The number of carbonyl (C=O) groups is 1. The normalized spacial score (nSPS) is 16.4. The predicted octanol–water partition coefficient (Wildman–Crippen LogP) is 1.55. The summed E-state index contributed by atoms with van der Waals surface area (Å²) in [6.07, 6.45) is -0.0815. The zero-order chi connectivity index (χ0) is 20.5. The van der Waals surface area contributed by atoms with Gasteiger partial charge in [-0.25, -0.2) is 25.9 Å². The van der Waals surface area contributed by atoms with Crippen LogP contribution < -0.4 is 13.8 Å². The minimum atomic E-state index is -3.86. The maximum Gasteiger partial charge on any atom is 0.242 e. The number of hydrogen-bond donors (Lipinski definition) is 1. The predicted molar refractivity (Wildman–Crippen MR) is 104 cm³/mol. The first-order chi connectivity index (χ1) is 13.2. The van der Waals surface area contributed by atoms with Crippen LogP contribution in [0.1, 0.15) is 17.5 Å². The summed E-state index contributed by atoms with van der Waals surface area (Å²) in [5, 5.41) is 0. The first-order valence-corrected chi connectivity index (χ1v) is 11.5. The molecule has 0 atom stereocenters. The Kier molecular flexibility index (Phi) is 5.46. The van der Waals surface area contributed by atoms with Crippen molar-refractivity contribution in [2.45, 2.75) is 24.8 Å². The van der Waals surface area contributed by atoms with Gasteiger partial charge in [0.2, 0.25) is 26.0 Å². The highest BCUT2D eigenvalue weighted by Crippen LogP contribution is 2.28. The van der Waals surface area contributed by atoms with Crippen LogP contribution in [0, 0.1) is 6.92 Å². The van der Waals surface area contributed by atoms with Gasteiger partial charge in [0.1, 0.15) is 5.75 Å². The summed E-state index contributed by atoms with van der Waals surface area (Å²) in [6.45, 7) is 1.58. The van der Waals surface area contributed by atoms with E-state index in [1.165, 1.54) is 25.3 Å². The van der Waals surface area contributed by atoms with Gasteiger partial charge in [-0.15, -0.1) is 0 Å².